The SMILES string of the molecule is C=CC(=O)O.C=CC(=O)OOC. The Bertz CT molecular complexity index is 173. The van der Waals surface area contributed by atoms with E-state index in [0.717, 1.165) is 12.2 Å². The minimum Gasteiger partial charge on any atom is -0.478 e. The van der Waals surface area contributed by atoms with Crippen molar-refractivity contribution in [1.82, 2.24) is 0 Å². The van der Waals surface area contributed by atoms with Gasteiger partial charge in [0.25, 0.3) is 0 Å². The van der Waals surface area contributed by atoms with Gasteiger partial charge >= 0.3 is 11.9 Å². The van der Waals surface area contributed by atoms with E-state index in [9.17, 15) is 9.59 Å². The maximum absolute atomic E-state index is 9.95. The van der Waals surface area contributed by atoms with E-state index in [2.05, 4.69) is 22.9 Å². The Morgan fingerprint density at radius 1 is 1.33 bits per heavy atom. The molecule has 0 saturated carbocycles. The molecule has 0 radical (unpaired) electrons. The fourth-order valence-corrected chi connectivity index (χ4v) is 0.116. The molecule has 0 saturated heterocycles. The Hall–Kier alpha value is -1.62. The molecule has 0 heterocycles. The highest BCUT2D eigenvalue weighted by Gasteiger charge is 1.88. The molecule has 0 rings (SSSR count). The molecule has 0 aromatic rings. The Morgan fingerprint density at radius 3 is 1.83 bits per heavy atom. The molecule has 0 aromatic heterocycles. The lowest BCUT2D eigenvalue weighted by Crippen LogP contribution is -1.96. The van der Waals surface area contributed by atoms with Gasteiger partial charge in [-0.2, -0.15) is 4.89 Å². The zero-order valence-electron chi connectivity index (χ0n) is 6.65. The highest BCUT2D eigenvalue weighted by Crippen LogP contribution is 1.74. The monoisotopic (exact) mass is 174 g/mol. The molecule has 0 unspecified atom stereocenters. The average Bonchev–Trinajstić information content (AvgIpc) is 2.06. The summed E-state index contributed by atoms with van der Waals surface area (Å²) in [4.78, 5) is 27.1. The van der Waals surface area contributed by atoms with Crippen molar-refractivity contribution in [1.29, 1.82) is 0 Å². The molecule has 0 amide bonds. The van der Waals surface area contributed by atoms with Gasteiger partial charge in [0.15, 0.2) is 0 Å². The first-order valence-corrected chi connectivity index (χ1v) is 2.80. The third kappa shape index (κ3) is 15.8. The van der Waals surface area contributed by atoms with Gasteiger partial charge in [-0.3, -0.25) is 4.89 Å². The van der Waals surface area contributed by atoms with Crippen molar-refractivity contribution < 1.29 is 24.5 Å². The number of hydrogen-bond donors (Lipinski definition) is 1. The summed E-state index contributed by atoms with van der Waals surface area (Å²) in [5, 5.41) is 7.60. The van der Waals surface area contributed by atoms with Crippen LogP contribution in [0.25, 0.3) is 0 Å². The van der Waals surface area contributed by atoms with Crippen molar-refractivity contribution >= 4 is 11.9 Å². The summed E-state index contributed by atoms with van der Waals surface area (Å²) in [7, 11) is 1.25. The quantitative estimate of drug-likeness (QED) is 0.384. The topological polar surface area (TPSA) is 72.8 Å². The van der Waals surface area contributed by atoms with Crippen LogP contribution in [0.3, 0.4) is 0 Å². The standard InChI is InChI=1S/C4H6O3.C3H4O2/c1-3-4(5)7-6-2;1-2-3(4)5/h3H,1H2,2H3;2H,1H2,(H,4,5). The lowest BCUT2D eigenvalue weighted by molar-refractivity contribution is -0.249. The van der Waals surface area contributed by atoms with Gasteiger partial charge < -0.3 is 5.11 Å². The zero-order chi connectivity index (χ0) is 9.98. The van der Waals surface area contributed by atoms with Crippen LogP contribution in [-0.4, -0.2) is 24.2 Å². The smallest absolute Gasteiger partial charge is 0.365 e. The van der Waals surface area contributed by atoms with Gasteiger partial charge in [-0.05, 0) is 0 Å². The molecule has 12 heavy (non-hydrogen) atoms. The largest absolute Gasteiger partial charge is 0.478 e. The van der Waals surface area contributed by atoms with Gasteiger partial charge in [0, 0.05) is 12.2 Å². The van der Waals surface area contributed by atoms with E-state index in [1.165, 1.54) is 7.11 Å². The predicted molar refractivity (Wildman–Crippen MR) is 41.1 cm³/mol. The number of carbonyl (C=O) groups is 2. The van der Waals surface area contributed by atoms with Crippen molar-refractivity contribution in [3.05, 3.63) is 25.3 Å². The maximum Gasteiger partial charge on any atom is 0.365 e. The molecule has 0 aromatic carbocycles. The first-order valence-electron chi connectivity index (χ1n) is 2.80. The third-order valence-corrected chi connectivity index (χ3v) is 0.507. The van der Waals surface area contributed by atoms with Crippen molar-refractivity contribution in [3.8, 4) is 0 Å². The van der Waals surface area contributed by atoms with Crippen LogP contribution in [0.4, 0.5) is 0 Å². The molecule has 0 aliphatic rings. The number of carboxylic acid groups (broad SMARTS) is 1. The highest BCUT2D eigenvalue weighted by molar-refractivity contribution is 5.80. The number of carboxylic acids is 1. The number of hydrogen-bond acceptors (Lipinski definition) is 4. The summed E-state index contributed by atoms with van der Waals surface area (Å²) in [5.41, 5.74) is 0. The second-order valence-electron chi connectivity index (χ2n) is 1.32. The van der Waals surface area contributed by atoms with E-state index in [4.69, 9.17) is 5.11 Å². The van der Waals surface area contributed by atoms with Crippen LogP contribution in [0.2, 0.25) is 0 Å². The summed E-state index contributed by atoms with van der Waals surface area (Å²) < 4.78 is 0. The maximum atomic E-state index is 9.95. The van der Waals surface area contributed by atoms with E-state index < -0.39 is 11.9 Å². The van der Waals surface area contributed by atoms with E-state index in [1.54, 1.807) is 0 Å². The van der Waals surface area contributed by atoms with Crippen LogP contribution < -0.4 is 0 Å². The number of rotatable bonds is 3. The molecule has 5 nitrogen and oxygen atoms in total. The Kier molecular flexibility index (Phi) is 10.2. The fourth-order valence-electron chi connectivity index (χ4n) is 0.116. The minimum absolute atomic E-state index is 0.581. The van der Waals surface area contributed by atoms with Gasteiger partial charge in [-0.25, -0.2) is 9.59 Å². The Labute approximate surface area is 69.8 Å². The molecular weight excluding hydrogens is 164 g/mol. The Morgan fingerprint density at radius 2 is 1.75 bits per heavy atom. The molecule has 68 valence electrons. The lowest BCUT2D eigenvalue weighted by atomic mass is 10.7. The third-order valence-electron chi connectivity index (χ3n) is 0.507. The van der Waals surface area contributed by atoms with Gasteiger partial charge in [0.1, 0.15) is 0 Å². The first kappa shape index (κ1) is 13.0. The molecule has 0 aliphatic carbocycles. The average molecular weight is 174 g/mol. The van der Waals surface area contributed by atoms with Crippen molar-refractivity contribution in [3.63, 3.8) is 0 Å². The van der Waals surface area contributed by atoms with E-state index in [-0.39, 0.29) is 0 Å². The van der Waals surface area contributed by atoms with Gasteiger partial charge in [0.2, 0.25) is 0 Å². The fraction of sp³-hybridized carbons (Fsp3) is 0.143. The lowest BCUT2D eigenvalue weighted by Gasteiger charge is -1.88. The minimum atomic E-state index is -0.981. The molecule has 0 spiro atoms. The van der Waals surface area contributed by atoms with Crippen LogP contribution >= 0.6 is 0 Å². The number of carbonyl (C=O) groups excluding carboxylic acids is 1. The van der Waals surface area contributed by atoms with Crippen LogP contribution in [0.5, 0.6) is 0 Å². The summed E-state index contributed by atoms with van der Waals surface area (Å²) in [5.74, 6) is -1.56. The Balaban J connectivity index is 0. The molecule has 5 heteroatoms. The van der Waals surface area contributed by atoms with E-state index >= 15 is 0 Å². The summed E-state index contributed by atoms with van der Waals surface area (Å²) in [6.45, 7) is 6.09. The molecular formula is C7H10O5. The van der Waals surface area contributed by atoms with Crippen LogP contribution in [-0.2, 0) is 19.4 Å². The van der Waals surface area contributed by atoms with Crippen LogP contribution in [0.15, 0.2) is 25.3 Å². The molecule has 0 atom stereocenters. The second kappa shape index (κ2) is 9.38. The zero-order valence-corrected chi connectivity index (χ0v) is 6.65. The van der Waals surface area contributed by atoms with E-state index in [0.29, 0.717) is 0 Å². The highest BCUT2D eigenvalue weighted by atomic mass is 17.2. The summed E-state index contributed by atoms with van der Waals surface area (Å²) in [6.07, 6.45) is 1.85. The van der Waals surface area contributed by atoms with Crippen molar-refractivity contribution in [2.75, 3.05) is 7.11 Å². The summed E-state index contributed by atoms with van der Waals surface area (Å²) in [6, 6.07) is 0. The molecule has 1 N–H and O–H groups in total. The first-order chi connectivity index (χ1) is 5.58. The molecule has 0 fully saturated rings. The van der Waals surface area contributed by atoms with Gasteiger partial charge in [-0.1, -0.05) is 13.2 Å². The normalized spacial score (nSPS) is 7.08. The van der Waals surface area contributed by atoms with Gasteiger partial charge in [0.05, 0.1) is 7.11 Å². The van der Waals surface area contributed by atoms with Crippen molar-refractivity contribution in [2.24, 2.45) is 0 Å². The van der Waals surface area contributed by atoms with E-state index in [1.807, 2.05) is 0 Å². The summed E-state index contributed by atoms with van der Waals surface area (Å²) >= 11 is 0. The van der Waals surface area contributed by atoms with Crippen LogP contribution in [0, 0.1) is 0 Å². The molecule has 0 bridgehead atoms. The van der Waals surface area contributed by atoms with Gasteiger partial charge in [-0.15, -0.1) is 0 Å². The van der Waals surface area contributed by atoms with Crippen LogP contribution in [0.1, 0.15) is 0 Å². The second-order valence-corrected chi connectivity index (χ2v) is 1.32. The predicted octanol–water partition coefficient (Wildman–Crippen LogP) is 0.534. The molecule has 0 aliphatic heterocycles. The van der Waals surface area contributed by atoms with Crippen molar-refractivity contribution in [2.45, 2.75) is 0 Å². The number of aliphatic carboxylic acids is 1.